The first kappa shape index (κ1) is 16.6. The van der Waals surface area contributed by atoms with Crippen LogP contribution in [0.3, 0.4) is 0 Å². The number of benzene rings is 2. The zero-order valence-corrected chi connectivity index (χ0v) is 13.4. The van der Waals surface area contributed by atoms with Gasteiger partial charge in [-0.15, -0.1) is 0 Å². The molecule has 2 aromatic rings. The molecule has 0 aliphatic rings. The highest BCUT2D eigenvalue weighted by Gasteiger charge is 2.25. The van der Waals surface area contributed by atoms with Crippen molar-refractivity contribution < 1.29 is 26.3 Å². The van der Waals surface area contributed by atoms with E-state index in [2.05, 4.69) is 20.7 Å². The lowest BCUT2D eigenvalue weighted by Gasteiger charge is -2.11. The monoisotopic (exact) mass is 395 g/mol. The number of sulfonamides is 1. The molecule has 0 atom stereocenters. The minimum atomic E-state index is -4.33. The molecular weight excluding hydrogens is 387 g/mol. The molecule has 0 aliphatic heterocycles. The van der Waals surface area contributed by atoms with E-state index in [9.17, 15) is 21.6 Å². The smallest absolute Gasteiger partial charge is 0.263 e. The van der Waals surface area contributed by atoms with Crippen molar-refractivity contribution in [2.45, 2.75) is 4.90 Å². The van der Waals surface area contributed by atoms with Crippen molar-refractivity contribution >= 4 is 31.6 Å². The quantitative estimate of drug-likeness (QED) is 0.634. The molecular formula is C13H9BrF3NO3S. The van der Waals surface area contributed by atoms with Gasteiger partial charge in [0.1, 0.15) is 10.6 Å². The summed E-state index contributed by atoms with van der Waals surface area (Å²) < 4.78 is 70.6. The molecule has 118 valence electrons. The predicted octanol–water partition coefficient (Wildman–Crippen LogP) is 3.68. The van der Waals surface area contributed by atoms with Gasteiger partial charge in [-0.1, -0.05) is 6.07 Å². The summed E-state index contributed by atoms with van der Waals surface area (Å²) in [7, 11) is -2.93. The Hall–Kier alpha value is -1.74. The Morgan fingerprint density at radius 2 is 1.82 bits per heavy atom. The van der Waals surface area contributed by atoms with Gasteiger partial charge in [-0.2, -0.15) is 0 Å². The number of rotatable bonds is 4. The molecule has 9 heteroatoms. The molecule has 0 bridgehead atoms. The van der Waals surface area contributed by atoms with Gasteiger partial charge in [0.25, 0.3) is 10.0 Å². The fourth-order valence-electron chi connectivity index (χ4n) is 1.64. The Balaban J connectivity index is 2.47. The maximum Gasteiger partial charge on any atom is 0.263 e. The van der Waals surface area contributed by atoms with Gasteiger partial charge in [0.05, 0.1) is 17.3 Å². The van der Waals surface area contributed by atoms with E-state index in [1.807, 2.05) is 0 Å². The highest BCUT2D eigenvalue weighted by molar-refractivity contribution is 9.10. The van der Waals surface area contributed by atoms with Crippen LogP contribution in [-0.2, 0) is 10.0 Å². The van der Waals surface area contributed by atoms with E-state index < -0.39 is 36.8 Å². The third kappa shape index (κ3) is 3.20. The van der Waals surface area contributed by atoms with E-state index in [0.29, 0.717) is 11.8 Å². The number of hydrogen-bond donors (Lipinski definition) is 1. The first-order valence-electron chi connectivity index (χ1n) is 5.76. The fraction of sp³-hybridized carbons (Fsp3) is 0.0769. The Labute approximate surface area is 133 Å². The average molecular weight is 396 g/mol. The third-order valence-electron chi connectivity index (χ3n) is 2.68. The number of ether oxygens (including phenoxy) is 1. The van der Waals surface area contributed by atoms with Crippen LogP contribution in [0.4, 0.5) is 18.9 Å². The first-order chi connectivity index (χ1) is 10.3. The zero-order chi connectivity index (χ0) is 16.5. The molecule has 1 N–H and O–H groups in total. The summed E-state index contributed by atoms with van der Waals surface area (Å²) >= 11 is 2.62. The Morgan fingerprint density at radius 1 is 1.14 bits per heavy atom. The number of halogens is 4. The summed E-state index contributed by atoms with van der Waals surface area (Å²) in [5.74, 6) is -4.60. The van der Waals surface area contributed by atoms with E-state index >= 15 is 0 Å². The Morgan fingerprint density at radius 3 is 2.45 bits per heavy atom. The van der Waals surface area contributed by atoms with Crippen LogP contribution in [0.25, 0.3) is 0 Å². The van der Waals surface area contributed by atoms with E-state index in [-0.39, 0.29) is 5.69 Å². The summed E-state index contributed by atoms with van der Waals surface area (Å²) in [5.41, 5.74) is 0.122. The van der Waals surface area contributed by atoms with Crippen molar-refractivity contribution in [3.8, 4) is 5.75 Å². The molecule has 2 aromatic carbocycles. The van der Waals surface area contributed by atoms with E-state index in [4.69, 9.17) is 4.74 Å². The fourth-order valence-corrected chi connectivity index (χ4v) is 3.70. The van der Waals surface area contributed by atoms with E-state index in [1.165, 1.54) is 25.3 Å². The molecule has 0 radical (unpaired) electrons. The number of methoxy groups -OCH3 is 1. The summed E-state index contributed by atoms with van der Waals surface area (Å²) in [6.45, 7) is 0. The maximum absolute atomic E-state index is 13.5. The summed E-state index contributed by atoms with van der Waals surface area (Å²) in [6, 6.07) is 6.30. The molecule has 2 rings (SSSR count). The Kier molecular flexibility index (Phi) is 4.66. The second kappa shape index (κ2) is 6.17. The summed E-state index contributed by atoms with van der Waals surface area (Å²) in [5, 5.41) is 0. The van der Waals surface area contributed by atoms with E-state index in [0.717, 1.165) is 0 Å². The molecule has 0 fully saturated rings. The van der Waals surface area contributed by atoms with Crippen molar-refractivity contribution in [2.24, 2.45) is 0 Å². The molecule has 0 heterocycles. The van der Waals surface area contributed by atoms with Crippen molar-refractivity contribution in [1.82, 2.24) is 0 Å². The minimum absolute atomic E-state index is 0.122. The third-order valence-corrected chi connectivity index (χ3v) is 5.12. The van der Waals surface area contributed by atoms with E-state index in [1.54, 1.807) is 6.07 Å². The molecule has 22 heavy (non-hydrogen) atoms. The maximum atomic E-state index is 13.5. The molecule has 0 saturated heterocycles. The largest absolute Gasteiger partial charge is 0.497 e. The summed E-state index contributed by atoms with van der Waals surface area (Å²) in [4.78, 5) is -0.758. The van der Waals surface area contributed by atoms with Gasteiger partial charge < -0.3 is 4.74 Å². The van der Waals surface area contributed by atoms with Crippen LogP contribution in [0, 0.1) is 17.5 Å². The first-order valence-corrected chi connectivity index (χ1v) is 8.03. The van der Waals surface area contributed by atoms with Gasteiger partial charge in [0.2, 0.25) is 0 Å². The predicted molar refractivity (Wildman–Crippen MR) is 77.8 cm³/mol. The van der Waals surface area contributed by atoms with Gasteiger partial charge in [-0.3, -0.25) is 4.72 Å². The lowest BCUT2D eigenvalue weighted by atomic mass is 10.3. The zero-order valence-electron chi connectivity index (χ0n) is 11.0. The van der Waals surface area contributed by atoms with Crippen molar-refractivity contribution in [3.63, 3.8) is 0 Å². The number of anilines is 1. The van der Waals surface area contributed by atoms with Gasteiger partial charge >= 0.3 is 0 Å². The van der Waals surface area contributed by atoms with Gasteiger partial charge in [0, 0.05) is 6.07 Å². The lowest BCUT2D eigenvalue weighted by molar-refractivity contribution is 0.415. The molecule has 0 aromatic heterocycles. The van der Waals surface area contributed by atoms with Crippen LogP contribution >= 0.6 is 15.9 Å². The Bertz CT molecular complexity index is 828. The highest BCUT2D eigenvalue weighted by Crippen LogP contribution is 2.30. The summed E-state index contributed by atoms with van der Waals surface area (Å²) in [6.07, 6.45) is 0. The average Bonchev–Trinajstić information content (AvgIpc) is 2.48. The minimum Gasteiger partial charge on any atom is -0.497 e. The number of hydrogen-bond acceptors (Lipinski definition) is 3. The van der Waals surface area contributed by atoms with Crippen molar-refractivity contribution in [3.05, 3.63) is 52.3 Å². The van der Waals surface area contributed by atoms with Crippen LogP contribution in [-0.4, -0.2) is 15.5 Å². The van der Waals surface area contributed by atoms with Crippen molar-refractivity contribution in [2.75, 3.05) is 11.8 Å². The standard InChI is InChI=1S/C13H9BrF3NO3S/c1-21-8-4-2-3-7(5-8)18-22(19,20)10-6-9(15)12(16)13(17)11(10)14/h2-6,18H,1H3. The van der Waals surface area contributed by atoms with Crippen LogP contribution in [0.2, 0.25) is 0 Å². The van der Waals surface area contributed by atoms with Crippen LogP contribution in [0.5, 0.6) is 5.75 Å². The topological polar surface area (TPSA) is 55.4 Å². The highest BCUT2D eigenvalue weighted by atomic mass is 79.9. The molecule has 0 saturated carbocycles. The molecule has 0 amide bonds. The van der Waals surface area contributed by atoms with Gasteiger partial charge in [-0.05, 0) is 34.1 Å². The normalized spacial score (nSPS) is 11.3. The second-order valence-electron chi connectivity index (χ2n) is 4.14. The molecule has 0 unspecified atom stereocenters. The molecule has 0 aliphatic carbocycles. The van der Waals surface area contributed by atoms with Crippen LogP contribution in [0.1, 0.15) is 0 Å². The van der Waals surface area contributed by atoms with Crippen LogP contribution in [0.15, 0.2) is 39.7 Å². The molecule has 4 nitrogen and oxygen atoms in total. The van der Waals surface area contributed by atoms with Gasteiger partial charge in [0.15, 0.2) is 17.5 Å². The lowest BCUT2D eigenvalue weighted by Crippen LogP contribution is -2.15. The molecule has 0 spiro atoms. The van der Waals surface area contributed by atoms with Gasteiger partial charge in [-0.25, -0.2) is 21.6 Å². The SMILES string of the molecule is COc1cccc(NS(=O)(=O)c2cc(F)c(F)c(F)c2Br)c1. The van der Waals surface area contributed by atoms with Crippen molar-refractivity contribution in [1.29, 1.82) is 0 Å². The second-order valence-corrected chi connectivity index (χ2v) is 6.58. The number of nitrogens with one attached hydrogen (secondary N) is 1. The van der Waals surface area contributed by atoms with Crippen LogP contribution < -0.4 is 9.46 Å².